The molecule has 164 valence electrons. The van der Waals surface area contributed by atoms with E-state index in [1.54, 1.807) is 37.3 Å². The molecule has 1 heterocycles. The molecule has 1 aliphatic carbocycles. The summed E-state index contributed by atoms with van der Waals surface area (Å²) in [5.41, 5.74) is 4.38. The van der Waals surface area contributed by atoms with Gasteiger partial charge in [-0.15, -0.1) is 0 Å². The molecule has 0 amide bonds. The molecule has 2 N–H and O–H groups in total. The molecule has 0 radical (unpaired) electrons. The van der Waals surface area contributed by atoms with Gasteiger partial charge in [-0.05, 0) is 72.4 Å². The van der Waals surface area contributed by atoms with Gasteiger partial charge in [-0.25, -0.2) is 8.42 Å². The number of hydrogen-bond donors (Lipinski definition) is 2. The maximum Gasteiger partial charge on any atom is 0.261 e. The van der Waals surface area contributed by atoms with Crippen molar-refractivity contribution in [2.24, 2.45) is 5.92 Å². The molecule has 0 bridgehead atoms. The average molecular weight is 530 g/mol. The van der Waals surface area contributed by atoms with Crippen molar-refractivity contribution in [1.82, 2.24) is 0 Å². The summed E-state index contributed by atoms with van der Waals surface area (Å²) in [4.78, 5) is 0.246. The number of hydrogen-bond acceptors (Lipinski definition) is 3. The minimum absolute atomic E-state index is 0.146. The summed E-state index contributed by atoms with van der Waals surface area (Å²) in [5, 5.41) is 4.19. The van der Waals surface area contributed by atoms with Gasteiger partial charge < -0.3 is 5.32 Å². The van der Waals surface area contributed by atoms with Gasteiger partial charge in [0.05, 0.1) is 16.6 Å². The Morgan fingerprint density at radius 2 is 1.88 bits per heavy atom. The first-order valence-electron chi connectivity index (χ1n) is 10.4. The highest BCUT2D eigenvalue weighted by atomic mass is 79.9. The minimum Gasteiger partial charge on any atom is -0.378 e. The van der Waals surface area contributed by atoms with Crippen LogP contribution in [0.2, 0.25) is 5.02 Å². The van der Waals surface area contributed by atoms with Crippen molar-refractivity contribution < 1.29 is 8.42 Å². The summed E-state index contributed by atoms with van der Waals surface area (Å²) in [5.74, 6) is 0.480. The van der Waals surface area contributed by atoms with Gasteiger partial charge in [-0.2, -0.15) is 0 Å². The zero-order chi connectivity index (χ0) is 22.5. The first kappa shape index (κ1) is 21.6. The Balaban J connectivity index is 1.51. The number of nitrogens with one attached hydrogen (secondary N) is 2. The Hall–Kier alpha value is -2.28. The largest absolute Gasteiger partial charge is 0.378 e. The van der Waals surface area contributed by atoms with E-state index in [1.807, 2.05) is 18.2 Å². The van der Waals surface area contributed by atoms with Crippen LogP contribution in [0.5, 0.6) is 0 Å². The van der Waals surface area contributed by atoms with Crippen LogP contribution >= 0.6 is 27.5 Å². The van der Waals surface area contributed by atoms with Crippen molar-refractivity contribution in [3.8, 4) is 0 Å². The van der Waals surface area contributed by atoms with Gasteiger partial charge in [0, 0.05) is 21.1 Å². The quantitative estimate of drug-likeness (QED) is 0.356. The average Bonchev–Trinajstić information content (AvgIpc) is 3.27. The highest BCUT2D eigenvalue weighted by Crippen LogP contribution is 2.51. The minimum atomic E-state index is -3.76. The normalized spacial score (nSPS) is 21.5. The Morgan fingerprint density at radius 1 is 1.06 bits per heavy atom. The first-order chi connectivity index (χ1) is 15.3. The lowest BCUT2D eigenvalue weighted by atomic mass is 9.77. The zero-order valence-electron chi connectivity index (χ0n) is 17.3. The van der Waals surface area contributed by atoms with Gasteiger partial charge in [0.25, 0.3) is 10.0 Å². The van der Waals surface area contributed by atoms with Crippen LogP contribution in [-0.4, -0.2) is 8.42 Å². The van der Waals surface area contributed by atoms with Crippen molar-refractivity contribution in [2.45, 2.75) is 30.2 Å². The maximum absolute atomic E-state index is 13.2. The fraction of sp³-hybridized carbons (Fsp3) is 0.200. The van der Waals surface area contributed by atoms with Gasteiger partial charge >= 0.3 is 0 Å². The van der Waals surface area contributed by atoms with E-state index in [1.165, 1.54) is 5.56 Å². The van der Waals surface area contributed by atoms with Crippen LogP contribution < -0.4 is 10.0 Å². The van der Waals surface area contributed by atoms with Crippen molar-refractivity contribution in [3.63, 3.8) is 0 Å². The van der Waals surface area contributed by atoms with Gasteiger partial charge in [0.15, 0.2) is 0 Å². The van der Waals surface area contributed by atoms with Gasteiger partial charge in [-0.1, -0.05) is 63.9 Å². The molecule has 0 aromatic heterocycles. The first-order valence-corrected chi connectivity index (χ1v) is 13.1. The second-order valence-corrected chi connectivity index (χ2v) is 11.2. The Morgan fingerprint density at radius 3 is 2.69 bits per heavy atom. The molecule has 3 aromatic carbocycles. The van der Waals surface area contributed by atoms with E-state index in [9.17, 15) is 8.42 Å². The third-order valence-corrected chi connectivity index (χ3v) is 8.89. The predicted molar refractivity (Wildman–Crippen MR) is 134 cm³/mol. The SMILES string of the molecule is Cc1c(Cl)cccc1NS(=O)(=O)c1ccc2c(c1)C1C=CCC1C(c1ccccc1Br)N2. The number of halogens is 2. The highest BCUT2D eigenvalue weighted by molar-refractivity contribution is 9.10. The number of rotatable bonds is 4. The second-order valence-electron chi connectivity index (χ2n) is 8.26. The number of benzene rings is 3. The van der Waals surface area contributed by atoms with Gasteiger partial charge in [-0.3, -0.25) is 4.72 Å². The summed E-state index contributed by atoms with van der Waals surface area (Å²) < 4.78 is 30.1. The Bertz CT molecular complexity index is 1340. The number of sulfonamides is 1. The summed E-state index contributed by atoms with van der Waals surface area (Å²) in [7, 11) is -3.76. The standard InChI is InChI=1S/C25H22BrClN2O2S/c1-15-22(27)10-5-11-23(15)29-32(30,31)16-12-13-24-20(14-16)17-7-4-8-18(17)25(28-24)19-6-2-3-9-21(19)26/h2-7,9-14,17-18,25,28-29H,8H2,1H3. The molecule has 3 unspecified atom stereocenters. The Kier molecular flexibility index (Phi) is 5.56. The molecule has 0 saturated carbocycles. The van der Waals surface area contributed by atoms with Crippen LogP contribution in [0.25, 0.3) is 0 Å². The van der Waals surface area contributed by atoms with E-state index < -0.39 is 10.0 Å². The molecular weight excluding hydrogens is 508 g/mol. The molecule has 5 rings (SSSR count). The lowest BCUT2D eigenvalue weighted by Crippen LogP contribution is -2.29. The zero-order valence-corrected chi connectivity index (χ0v) is 20.5. The topological polar surface area (TPSA) is 58.2 Å². The fourth-order valence-corrected chi connectivity index (χ4v) is 6.56. The van der Waals surface area contributed by atoms with E-state index in [2.05, 4.69) is 50.3 Å². The van der Waals surface area contributed by atoms with Crippen molar-refractivity contribution in [3.05, 3.63) is 99.0 Å². The molecule has 7 heteroatoms. The molecule has 1 aliphatic heterocycles. The van der Waals surface area contributed by atoms with Crippen molar-refractivity contribution in [1.29, 1.82) is 0 Å². The molecule has 3 atom stereocenters. The lowest BCUT2D eigenvalue weighted by molar-refractivity contribution is 0.424. The second kappa shape index (κ2) is 8.25. The van der Waals surface area contributed by atoms with E-state index in [-0.39, 0.29) is 16.9 Å². The highest BCUT2D eigenvalue weighted by Gasteiger charge is 2.39. The molecule has 0 saturated heterocycles. The van der Waals surface area contributed by atoms with Crippen molar-refractivity contribution in [2.75, 3.05) is 10.0 Å². The predicted octanol–water partition coefficient (Wildman–Crippen LogP) is 7.04. The molecule has 3 aromatic rings. The number of fused-ring (bicyclic) bond motifs is 3. The summed E-state index contributed by atoms with van der Waals surface area (Å²) in [6.07, 6.45) is 5.35. The van der Waals surface area contributed by atoms with Crippen LogP contribution in [-0.2, 0) is 10.0 Å². The Labute approximate surface area is 201 Å². The molecule has 32 heavy (non-hydrogen) atoms. The molecule has 4 nitrogen and oxygen atoms in total. The number of allylic oxidation sites excluding steroid dienone is 2. The molecule has 2 aliphatic rings. The smallest absolute Gasteiger partial charge is 0.261 e. The van der Waals surface area contributed by atoms with E-state index in [0.29, 0.717) is 22.2 Å². The third-order valence-electron chi connectivity index (χ3n) is 6.40. The maximum atomic E-state index is 13.2. The number of anilines is 2. The van der Waals surface area contributed by atoms with Crippen LogP contribution in [0, 0.1) is 12.8 Å². The van der Waals surface area contributed by atoms with Crippen LogP contribution in [0.1, 0.15) is 35.1 Å². The van der Waals surface area contributed by atoms with E-state index in [4.69, 9.17) is 11.6 Å². The molecule has 0 spiro atoms. The van der Waals surface area contributed by atoms with Gasteiger partial charge in [0.2, 0.25) is 0 Å². The monoisotopic (exact) mass is 528 g/mol. The summed E-state index contributed by atoms with van der Waals surface area (Å²) in [6, 6.07) is 18.9. The van der Waals surface area contributed by atoms with E-state index >= 15 is 0 Å². The van der Waals surface area contributed by atoms with Gasteiger partial charge in [0.1, 0.15) is 0 Å². The lowest BCUT2D eigenvalue weighted by Gasteiger charge is -2.38. The summed E-state index contributed by atoms with van der Waals surface area (Å²) >= 11 is 9.86. The van der Waals surface area contributed by atoms with Crippen LogP contribution in [0.4, 0.5) is 11.4 Å². The molecular formula is C25H22BrClN2O2S. The summed E-state index contributed by atoms with van der Waals surface area (Å²) in [6.45, 7) is 1.80. The molecule has 0 fully saturated rings. The third kappa shape index (κ3) is 3.74. The van der Waals surface area contributed by atoms with E-state index in [0.717, 1.165) is 22.1 Å². The fourth-order valence-electron chi connectivity index (χ4n) is 4.70. The van der Waals surface area contributed by atoms with Crippen LogP contribution in [0.15, 0.2) is 82.2 Å². The van der Waals surface area contributed by atoms with Crippen molar-refractivity contribution >= 4 is 48.9 Å². The van der Waals surface area contributed by atoms with Crippen LogP contribution in [0.3, 0.4) is 0 Å².